The molecule has 2 fully saturated rings. The number of nitrogen functional groups attached to an aromatic ring is 1. The molecular formula is C29H33N3O3. The molecule has 0 atom stereocenters. The summed E-state index contributed by atoms with van der Waals surface area (Å²) in [6.07, 6.45) is 4.42. The maximum atomic E-state index is 13.8. The number of carbonyl (C=O) groups excluding carboxylic acids is 2. The fraction of sp³-hybridized carbons (Fsp3) is 0.379. The van der Waals surface area contributed by atoms with Crippen molar-refractivity contribution in [3.8, 4) is 0 Å². The number of anilines is 2. The minimum absolute atomic E-state index is 0.00439. The van der Waals surface area contributed by atoms with Gasteiger partial charge in [0, 0.05) is 25.2 Å². The smallest absolute Gasteiger partial charge is 0.231 e. The van der Waals surface area contributed by atoms with Crippen molar-refractivity contribution in [2.24, 2.45) is 5.92 Å². The Morgan fingerprint density at radius 1 is 0.857 bits per heavy atom. The average molecular weight is 472 g/mol. The Balaban J connectivity index is 1.25. The second-order valence-electron chi connectivity index (χ2n) is 9.85. The van der Waals surface area contributed by atoms with Crippen LogP contribution in [-0.4, -0.2) is 31.1 Å². The van der Waals surface area contributed by atoms with Crippen LogP contribution in [0.5, 0.6) is 0 Å². The lowest BCUT2D eigenvalue weighted by atomic mass is 9.72. The van der Waals surface area contributed by atoms with Gasteiger partial charge in [-0.2, -0.15) is 0 Å². The number of nitrogens with one attached hydrogen (secondary N) is 2. The minimum atomic E-state index is -0.582. The van der Waals surface area contributed by atoms with Gasteiger partial charge in [0.25, 0.3) is 0 Å². The van der Waals surface area contributed by atoms with Crippen LogP contribution in [-0.2, 0) is 19.7 Å². The van der Waals surface area contributed by atoms with Crippen LogP contribution in [0.15, 0.2) is 66.7 Å². The highest BCUT2D eigenvalue weighted by Gasteiger charge is 2.43. The highest BCUT2D eigenvalue weighted by Crippen LogP contribution is 2.37. The molecule has 0 bridgehead atoms. The molecule has 1 aliphatic carbocycles. The first-order chi connectivity index (χ1) is 17.0. The van der Waals surface area contributed by atoms with Crippen LogP contribution in [0, 0.1) is 5.92 Å². The number of para-hydroxylation sites is 2. The normalized spacial score (nSPS) is 21.8. The molecule has 0 aromatic heterocycles. The molecule has 3 aromatic carbocycles. The molecule has 0 radical (unpaired) electrons. The van der Waals surface area contributed by atoms with Gasteiger partial charge in [0.1, 0.15) is 0 Å². The molecule has 2 aliphatic rings. The number of fused-ring (bicyclic) bond motifs is 1. The number of hydrogen-bond donors (Lipinski definition) is 3. The first-order valence-electron chi connectivity index (χ1n) is 12.6. The Morgan fingerprint density at radius 2 is 1.54 bits per heavy atom. The number of nitrogens with two attached hydrogens (primary N) is 1. The average Bonchev–Trinajstić information content (AvgIpc) is 2.90. The van der Waals surface area contributed by atoms with Gasteiger partial charge in [0.2, 0.25) is 11.8 Å². The Hall–Kier alpha value is -3.38. The van der Waals surface area contributed by atoms with Crippen molar-refractivity contribution in [1.29, 1.82) is 0 Å². The number of hydrogen-bond acceptors (Lipinski definition) is 4. The summed E-state index contributed by atoms with van der Waals surface area (Å²) in [4.78, 5) is 26.5. The molecule has 6 nitrogen and oxygen atoms in total. The van der Waals surface area contributed by atoms with E-state index >= 15 is 0 Å². The van der Waals surface area contributed by atoms with E-state index in [0.717, 1.165) is 36.6 Å². The van der Waals surface area contributed by atoms with E-state index < -0.39 is 5.41 Å². The maximum absolute atomic E-state index is 13.8. The van der Waals surface area contributed by atoms with E-state index in [9.17, 15) is 9.59 Å². The number of benzene rings is 3. The molecule has 5 rings (SSSR count). The molecule has 1 saturated heterocycles. The topological polar surface area (TPSA) is 93.5 Å². The first kappa shape index (κ1) is 23.4. The van der Waals surface area contributed by atoms with Gasteiger partial charge in [0.15, 0.2) is 0 Å². The van der Waals surface area contributed by atoms with Gasteiger partial charge < -0.3 is 21.1 Å². The third kappa shape index (κ3) is 4.89. The zero-order valence-corrected chi connectivity index (χ0v) is 20.0. The summed E-state index contributed by atoms with van der Waals surface area (Å²) in [6.45, 7) is 1.16. The summed E-state index contributed by atoms with van der Waals surface area (Å²) in [7, 11) is 0. The summed E-state index contributed by atoms with van der Waals surface area (Å²) in [5, 5.41) is 8.63. The third-order valence-electron chi connectivity index (χ3n) is 7.73. The fourth-order valence-corrected chi connectivity index (χ4v) is 5.52. The van der Waals surface area contributed by atoms with E-state index in [2.05, 4.69) is 41.0 Å². The van der Waals surface area contributed by atoms with Crippen molar-refractivity contribution < 1.29 is 14.3 Å². The zero-order valence-electron chi connectivity index (χ0n) is 20.0. The van der Waals surface area contributed by atoms with E-state index in [0.29, 0.717) is 37.4 Å². The van der Waals surface area contributed by atoms with Gasteiger partial charge in [0.05, 0.1) is 16.8 Å². The summed E-state index contributed by atoms with van der Waals surface area (Å²) >= 11 is 0. The quantitative estimate of drug-likeness (QED) is 0.467. The second-order valence-corrected chi connectivity index (χ2v) is 9.85. The first-order valence-corrected chi connectivity index (χ1v) is 12.6. The lowest BCUT2D eigenvalue weighted by molar-refractivity contribution is -0.131. The molecule has 4 N–H and O–H groups in total. The molecule has 0 spiro atoms. The van der Waals surface area contributed by atoms with Gasteiger partial charge in [-0.3, -0.25) is 9.59 Å². The SMILES string of the molecule is Nc1ccccc1NC(=O)C1CCC(NC(=O)C2(c3ccc4ccccc4c3)CCOCC2)CC1. The van der Waals surface area contributed by atoms with Gasteiger partial charge in [-0.05, 0) is 67.0 Å². The molecule has 3 aromatic rings. The number of ether oxygens (including phenoxy) is 1. The van der Waals surface area contributed by atoms with Crippen molar-refractivity contribution >= 4 is 34.0 Å². The van der Waals surface area contributed by atoms with E-state index in [1.54, 1.807) is 6.07 Å². The summed E-state index contributed by atoms with van der Waals surface area (Å²) < 4.78 is 5.64. The summed E-state index contributed by atoms with van der Waals surface area (Å²) in [5.74, 6) is 0.0195. The van der Waals surface area contributed by atoms with E-state index in [1.807, 2.05) is 30.3 Å². The highest BCUT2D eigenvalue weighted by molar-refractivity contribution is 5.95. The minimum Gasteiger partial charge on any atom is -0.397 e. The molecule has 2 amide bonds. The molecule has 1 saturated carbocycles. The fourth-order valence-electron chi connectivity index (χ4n) is 5.52. The monoisotopic (exact) mass is 471 g/mol. The van der Waals surface area contributed by atoms with Crippen molar-refractivity contribution in [3.63, 3.8) is 0 Å². The molecule has 182 valence electrons. The van der Waals surface area contributed by atoms with Crippen molar-refractivity contribution in [2.45, 2.75) is 50.0 Å². The zero-order chi connectivity index (χ0) is 24.3. The van der Waals surface area contributed by atoms with Crippen LogP contribution in [0.1, 0.15) is 44.1 Å². The predicted octanol–water partition coefficient (Wildman–Crippen LogP) is 4.78. The predicted molar refractivity (Wildman–Crippen MR) is 139 cm³/mol. The second kappa shape index (κ2) is 10.1. The Labute approximate surface area is 206 Å². The van der Waals surface area contributed by atoms with Gasteiger partial charge >= 0.3 is 0 Å². The lowest BCUT2D eigenvalue weighted by Gasteiger charge is -2.38. The Morgan fingerprint density at radius 3 is 2.29 bits per heavy atom. The van der Waals surface area contributed by atoms with Gasteiger partial charge in [-0.25, -0.2) is 0 Å². The highest BCUT2D eigenvalue weighted by atomic mass is 16.5. The van der Waals surface area contributed by atoms with Crippen LogP contribution in [0.2, 0.25) is 0 Å². The van der Waals surface area contributed by atoms with Crippen LogP contribution in [0.3, 0.4) is 0 Å². The van der Waals surface area contributed by atoms with Crippen molar-refractivity contribution in [3.05, 3.63) is 72.3 Å². The Bertz CT molecular complexity index is 1210. The number of amides is 2. The lowest BCUT2D eigenvalue weighted by Crippen LogP contribution is -2.51. The number of carbonyl (C=O) groups is 2. The molecular weight excluding hydrogens is 438 g/mol. The van der Waals surface area contributed by atoms with Gasteiger partial charge in [-0.15, -0.1) is 0 Å². The van der Waals surface area contributed by atoms with Crippen molar-refractivity contribution in [2.75, 3.05) is 24.3 Å². The van der Waals surface area contributed by atoms with Crippen LogP contribution in [0.25, 0.3) is 10.8 Å². The van der Waals surface area contributed by atoms with E-state index in [1.165, 1.54) is 5.39 Å². The molecule has 35 heavy (non-hydrogen) atoms. The maximum Gasteiger partial charge on any atom is 0.231 e. The molecule has 0 unspecified atom stereocenters. The van der Waals surface area contributed by atoms with Gasteiger partial charge in [-0.1, -0.05) is 54.6 Å². The standard InChI is InChI=1S/C29H33N3O3/c30-25-7-3-4-8-26(25)32-27(33)21-10-13-24(14-11-21)31-28(34)29(15-17-35-18-16-29)23-12-9-20-5-1-2-6-22(20)19-23/h1-9,12,19,21,24H,10-11,13-18,30H2,(H,31,34)(H,32,33). The Kier molecular flexibility index (Phi) is 6.73. The van der Waals surface area contributed by atoms with E-state index in [4.69, 9.17) is 10.5 Å². The molecule has 1 heterocycles. The molecule has 6 heteroatoms. The van der Waals surface area contributed by atoms with E-state index in [-0.39, 0.29) is 23.8 Å². The van der Waals surface area contributed by atoms with Crippen LogP contribution in [0.4, 0.5) is 11.4 Å². The molecule has 1 aliphatic heterocycles. The van der Waals surface area contributed by atoms with Crippen LogP contribution >= 0.6 is 0 Å². The largest absolute Gasteiger partial charge is 0.397 e. The number of rotatable bonds is 5. The summed E-state index contributed by atoms with van der Waals surface area (Å²) in [6, 6.07) is 22.0. The van der Waals surface area contributed by atoms with Crippen LogP contribution < -0.4 is 16.4 Å². The summed E-state index contributed by atoms with van der Waals surface area (Å²) in [5.41, 5.74) is 7.67. The third-order valence-corrected chi connectivity index (χ3v) is 7.73. The van der Waals surface area contributed by atoms with Crippen molar-refractivity contribution in [1.82, 2.24) is 5.32 Å².